The monoisotopic (exact) mass is 389 g/mol. The zero-order chi connectivity index (χ0) is 20.0. The quantitative estimate of drug-likeness (QED) is 0.583. The van der Waals surface area contributed by atoms with Crippen LogP contribution in [0.3, 0.4) is 0 Å². The van der Waals surface area contributed by atoms with Crippen molar-refractivity contribution in [3.8, 4) is 11.4 Å². The van der Waals surface area contributed by atoms with Gasteiger partial charge in [-0.1, -0.05) is 18.2 Å². The second kappa shape index (κ2) is 6.88. The summed E-state index contributed by atoms with van der Waals surface area (Å²) in [5.41, 5.74) is 2.75. The van der Waals surface area contributed by atoms with E-state index in [2.05, 4.69) is 25.2 Å². The van der Waals surface area contributed by atoms with Crippen molar-refractivity contribution < 1.29 is 4.79 Å². The number of hydrogen-bond acceptors (Lipinski definition) is 4. The molecule has 148 valence electrons. The van der Waals surface area contributed by atoms with Crippen LogP contribution in [0, 0.1) is 0 Å². The summed E-state index contributed by atoms with van der Waals surface area (Å²) in [5, 5.41) is 17.2. The van der Waals surface area contributed by atoms with Crippen molar-refractivity contribution in [1.82, 2.24) is 34.4 Å². The zero-order valence-corrected chi connectivity index (χ0v) is 16.5. The van der Waals surface area contributed by atoms with Gasteiger partial charge in [0.1, 0.15) is 5.82 Å². The fraction of sp³-hybridized carbons (Fsp3) is 0.333. The first-order valence-corrected chi connectivity index (χ1v) is 9.86. The Morgan fingerprint density at radius 3 is 2.83 bits per heavy atom. The predicted molar refractivity (Wildman–Crippen MR) is 109 cm³/mol. The van der Waals surface area contributed by atoms with Gasteiger partial charge in [-0.15, -0.1) is 10.2 Å². The molecule has 1 aliphatic rings. The molecule has 0 bridgehead atoms. The maximum absolute atomic E-state index is 13.0. The van der Waals surface area contributed by atoms with E-state index >= 15 is 0 Å². The molecule has 3 aromatic heterocycles. The molecular formula is C21H23N7O. The van der Waals surface area contributed by atoms with Crippen molar-refractivity contribution in [2.45, 2.75) is 31.8 Å². The molecule has 0 spiro atoms. The molecule has 4 heterocycles. The lowest BCUT2D eigenvalue weighted by Gasteiger charge is -2.16. The third-order valence-electron chi connectivity index (χ3n) is 5.68. The molecule has 1 unspecified atom stereocenters. The normalized spacial score (nSPS) is 16.6. The third kappa shape index (κ3) is 3.10. The molecule has 0 fully saturated rings. The minimum atomic E-state index is -0.0167. The minimum Gasteiger partial charge on any atom is -0.350 e. The first-order valence-electron chi connectivity index (χ1n) is 9.86. The van der Waals surface area contributed by atoms with Gasteiger partial charge in [0, 0.05) is 56.4 Å². The van der Waals surface area contributed by atoms with E-state index in [9.17, 15) is 4.79 Å². The van der Waals surface area contributed by atoms with Gasteiger partial charge in [0.25, 0.3) is 5.91 Å². The van der Waals surface area contributed by atoms with Gasteiger partial charge in [0.05, 0.1) is 17.3 Å². The number of hydrogen-bond donors (Lipinski definition) is 1. The molecule has 1 aliphatic heterocycles. The number of carbonyl (C=O) groups excluding carboxylic acids is 1. The lowest BCUT2D eigenvalue weighted by Crippen LogP contribution is -2.35. The highest BCUT2D eigenvalue weighted by molar-refractivity contribution is 6.07. The van der Waals surface area contributed by atoms with Gasteiger partial charge in [-0.2, -0.15) is 5.10 Å². The Kier molecular flexibility index (Phi) is 4.19. The van der Waals surface area contributed by atoms with Crippen molar-refractivity contribution in [2.75, 3.05) is 0 Å². The Morgan fingerprint density at radius 2 is 2.00 bits per heavy atom. The van der Waals surface area contributed by atoms with E-state index in [4.69, 9.17) is 0 Å². The summed E-state index contributed by atoms with van der Waals surface area (Å²) in [6, 6.07) is 8.09. The maximum Gasteiger partial charge on any atom is 0.253 e. The van der Waals surface area contributed by atoms with Gasteiger partial charge >= 0.3 is 0 Å². The molecule has 0 saturated carbocycles. The van der Waals surface area contributed by atoms with Crippen LogP contribution in [0.2, 0.25) is 0 Å². The first-order chi connectivity index (χ1) is 14.1. The Labute approximate surface area is 168 Å². The van der Waals surface area contributed by atoms with E-state index in [0.717, 1.165) is 59.5 Å². The molecule has 29 heavy (non-hydrogen) atoms. The molecule has 8 nitrogen and oxygen atoms in total. The molecule has 1 N–H and O–H groups in total. The van der Waals surface area contributed by atoms with E-state index in [1.807, 2.05) is 61.5 Å². The van der Waals surface area contributed by atoms with Gasteiger partial charge in [-0.25, -0.2) is 0 Å². The third-order valence-corrected chi connectivity index (χ3v) is 5.68. The van der Waals surface area contributed by atoms with Crippen molar-refractivity contribution in [3.63, 3.8) is 0 Å². The van der Waals surface area contributed by atoms with Crippen LogP contribution in [-0.2, 0) is 27.1 Å². The van der Waals surface area contributed by atoms with Crippen LogP contribution in [-0.4, -0.2) is 41.1 Å². The molecular weight excluding hydrogens is 366 g/mol. The molecule has 5 rings (SSSR count). The lowest BCUT2D eigenvalue weighted by atomic mass is 10.1. The number of nitrogens with zero attached hydrogens (tertiary/aromatic N) is 6. The summed E-state index contributed by atoms with van der Waals surface area (Å²) < 4.78 is 5.92. The average Bonchev–Trinajstić information content (AvgIpc) is 3.38. The van der Waals surface area contributed by atoms with E-state index < -0.39 is 0 Å². The Hall–Kier alpha value is -3.42. The molecule has 1 amide bonds. The largest absolute Gasteiger partial charge is 0.350 e. The summed E-state index contributed by atoms with van der Waals surface area (Å²) in [7, 11) is 3.86. The fourth-order valence-corrected chi connectivity index (χ4v) is 4.17. The van der Waals surface area contributed by atoms with Crippen LogP contribution in [0.5, 0.6) is 0 Å². The number of para-hydroxylation sites is 1. The van der Waals surface area contributed by atoms with Gasteiger partial charge in [-0.05, 0) is 18.9 Å². The number of rotatable bonds is 3. The van der Waals surface area contributed by atoms with Crippen LogP contribution in [0.4, 0.5) is 0 Å². The zero-order valence-electron chi connectivity index (χ0n) is 16.5. The van der Waals surface area contributed by atoms with Gasteiger partial charge in [0.2, 0.25) is 0 Å². The van der Waals surface area contributed by atoms with Crippen molar-refractivity contribution in [3.05, 3.63) is 54.2 Å². The van der Waals surface area contributed by atoms with E-state index in [-0.39, 0.29) is 11.9 Å². The van der Waals surface area contributed by atoms with Gasteiger partial charge in [-0.3, -0.25) is 9.48 Å². The highest BCUT2D eigenvalue weighted by atomic mass is 16.1. The summed E-state index contributed by atoms with van der Waals surface area (Å²) in [6.45, 7) is 0.771. The Morgan fingerprint density at radius 1 is 1.14 bits per heavy atom. The van der Waals surface area contributed by atoms with Gasteiger partial charge < -0.3 is 14.5 Å². The number of benzene rings is 1. The molecule has 1 aromatic carbocycles. The van der Waals surface area contributed by atoms with E-state index in [1.54, 1.807) is 4.68 Å². The van der Waals surface area contributed by atoms with Gasteiger partial charge in [0.15, 0.2) is 5.82 Å². The van der Waals surface area contributed by atoms with Crippen molar-refractivity contribution in [2.24, 2.45) is 14.1 Å². The van der Waals surface area contributed by atoms with Crippen molar-refractivity contribution >= 4 is 16.8 Å². The average molecular weight is 389 g/mol. The first kappa shape index (κ1) is 17.7. The minimum absolute atomic E-state index is 0.0167. The van der Waals surface area contributed by atoms with Crippen LogP contribution in [0.25, 0.3) is 22.3 Å². The highest BCUT2D eigenvalue weighted by Crippen LogP contribution is 2.24. The summed E-state index contributed by atoms with van der Waals surface area (Å²) in [6.07, 6.45) is 8.14. The molecule has 1 atom stereocenters. The number of nitrogens with one attached hydrogen (secondary N) is 1. The topological polar surface area (TPSA) is 82.6 Å². The van der Waals surface area contributed by atoms with Crippen LogP contribution >= 0.6 is 0 Å². The van der Waals surface area contributed by atoms with Crippen LogP contribution in [0.1, 0.15) is 29.0 Å². The number of carbonyl (C=O) groups is 1. The standard InChI is InChI=1S/C21H23N7O/c1-26-13-17(16-5-3-4-6-18(16)26)21(29)23-15-7-8-19-24-25-20(28(19)10-9-15)14-11-22-27(2)12-14/h3-6,11-13,15H,7-10H2,1-2H3,(H,23,29). The van der Waals surface area contributed by atoms with Crippen LogP contribution < -0.4 is 5.32 Å². The maximum atomic E-state index is 13.0. The second-order valence-electron chi connectivity index (χ2n) is 7.66. The molecule has 0 radical (unpaired) electrons. The number of aryl methyl sites for hydroxylation is 3. The number of amides is 1. The van der Waals surface area contributed by atoms with E-state index in [1.165, 1.54) is 0 Å². The number of aromatic nitrogens is 6. The van der Waals surface area contributed by atoms with E-state index in [0.29, 0.717) is 0 Å². The predicted octanol–water partition coefficient (Wildman–Crippen LogP) is 2.31. The van der Waals surface area contributed by atoms with Crippen LogP contribution in [0.15, 0.2) is 42.9 Å². The second-order valence-corrected chi connectivity index (χ2v) is 7.66. The van der Waals surface area contributed by atoms with Crippen molar-refractivity contribution in [1.29, 1.82) is 0 Å². The Balaban J connectivity index is 1.33. The smallest absolute Gasteiger partial charge is 0.253 e. The summed E-state index contributed by atoms with van der Waals surface area (Å²) in [5.74, 6) is 1.79. The molecule has 0 aliphatic carbocycles. The lowest BCUT2D eigenvalue weighted by molar-refractivity contribution is 0.0934. The Bertz CT molecular complexity index is 1200. The molecule has 0 saturated heterocycles. The summed E-state index contributed by atoms with van der Waals surface area (Å²) in [4.78, 5) is 13.0. The molecule has 8 heteroatoms. The summed E-state index contributed by atoms with van der Waals surface area (Å²) >= 11 is 0. The SMILES string of the molecule is Cn1cc(-c2nnc3n2CCC(NC(=O)c2cn(C)c4ccccc24)CC3)cn1. The molecule has 4 aromatic rings. The number of fused-ring (bicyclic) bond motifs is 2. The highest BCUT2D eigenvalue weighted by Gasteiger charge is 2.24. The fourth-order valence-electron chi connectivity index (χ4n) is 4.17.